The number of carbonyl (C=O) groups excluding carboxylic acids is 1. The first-order valence-corrected chi connectivity index (χ1v) is 7.80. The summed E-state index contributed by atoms with van der Waals surface area (Å²) in [4.78, 5) is 14.5. The van der Waals surface area contributed by atoms with Gasteiger partial charge < -0.3 is 14.7 Å². The van der Waals surface area contributed by atoms with Crippen molar-refractivity contribution in [3.8, 4) is 0 Å². The quantitative estimate of drug-likeness (QED) is 0.932. The molecule has 1 aromatic heterocycles. The predicted octanol–water partition coefficient (Wildman–Crippen LogP) is 3.88. The summed E-state index contributed by atoms with van der Waals surface area (Å²) in [5.74, 6) is -0.122. The molecule has 0 aliphatic carbocycles. The van der Waals surface area contributed by atoms with Crippen molar-refractivity contribution in [2.45, 2.75) is 26.2 Å². The molecule has 0 atom stereocenters. The van der Waals surface area contributed by atoms with E-state index in [1.165, 1.54) is 6.42 Å². The van der Waals surface area contributed by atoms with Gasteiger partial charge in [-0.3, -0.25) is 4.79 Å². The molecule has 0 spiro atoms. The van der Waals surface area contributed by atoms with Crippen molar-refractivity contribution in [3.63, 3.8) is 0 Å². The molecule has 2 heterocycles. The van der Waals surface area contributed by atoms with Crippen molar-refractivity contribution in [3.05, 3.63) is 40.7 Å². The summed E-state index contributed by atoms with van der Waals surface area (Å²) < 4.78 is 5.01. The zero-order valence-electron chi connectivity index (χ0n) is 12.4. The number of aryl methyl sites for hydroxylation is 1. The zero-order chi connectivity index (χ0) is 15.5. The molecule has 1 amide bonds. The average molecular weight is 320 g/mol. The molecular formula is C16H18ClN3O2. The Labute approximate surface area is 134 Å². The van der Waals surface area contributed by atoms with Crippen LogP contribution in [0.4, 0.5) is 11.4 Å². The van der Waals surface area contributed by atoms with Gasteiger partial charge >= 0.3 is 0 Å². The van der Waals surface area contributed by atoms with Crippen LogP contribution in [0.2, 0.25) is 5.02 Å². The summed E-state index contributed by atoms with van der Waals surface area (Å²) in [6.45, 7) is 3.76. The van der Waals surface area contributed by atoms with Gasteiger partial charge in [0.25, 0.3) is 5.91 Å². The second-order valence-corrected chi connectivity index (χ2v) is 5.93. The molecule has 0 radical (unpaired) electrons. The Morgan fingerprint density at radius 2 is 2.05 bits per heavy atom. The summed E-state index contributed by atoms with van der Waals surface area (Å²) in [7, 11) is 0. The standard InChI is InChI=1S/C16H18ClN3O2/c1-11-9-15(22-19-11)16(21)18-13-10-12(17)5-6-14(13)20-7-3-2-4-8-20/h5-6,9-10H,2-4,7-8H2,1H3,(H,18,21). The van der Waals surface area contributed by atoms with Crippen LogP contribution in [0.25, 0.3) is 0 Å². The Kier molecular flexibility index (Phi) is 4.34. The van der Waals surface area contributed by atoms with Crippen LogP contribution in [-0.2, 0) is 0 Å². The molecule has 1 saturated heterocycles. The third-order valence-electron chi connectivity index (χ3n) is 3.76. The van der Waals surface area contributed by atoms with E-state index in [4.69, 9.17) is 16.1 Å². The fourth-order valence-electron chi connectivity index (χ4n) is 2.67. The summed E-state index contributed by atoms with van der Waals surface area (Å²) >= 11 is 6.08. The molecule has 1 N–H and O–H groups in total. The number of piperidine rings is 1. The number of hydrogen-bond acceptors (Lipinski definition) is 4. The van der Waals surface area contributed by atoms with Gasteiger partial charge in [0.15, 0.2) is 0 Å². The summed E-state index contributed by atoms with van der Waals surface area (Å²) in [6.07, 6.45) is 3.58. The van der Waals surface area contributed by atoms with Crippen LogP contribution in [-0.4, -0.2) is 24.2 Å². The minimum absolute atomic E-state index is 0.196. The average Bonchev–Trinajstić information content (AvgIpc) is 2.95. The Hall–Kier alpha value is -2.01. The van der Waals surface area contributed by atoms with E-state index < -0.39 is 0 Å². The van der Waals surface area contributed by atoms with Crippen LogP contribution in [0.15, 0.2) is 28.8 Å². The molecule has 116 valence electrons. The fraction of sp³-hybridized carbons (Fsp3) is 0.375. The molecule has 1 aliphatic heterocycles. The van der Waals surface area contributed by atoms with E-state index >= 15 is 0 Å². The Morgan fingerprint density at radius 1 is 1.27 bits per heavy atom. The topological polar surface area (TPSA) is 58.4 Å². The van der Waals surface area contributed by atoms with Gasteiger partial charge in [-0.1, -0.05) is 16.8 Å². The highest BCUT2D eigenvalue weighted by Gasteiger charge is 2.18. The lowest BCUT2D eigenvalue weighted by Crippen LogP contribution is -2.30. The molecule has 5 nitrogen and oxygen atoms in total. The second-order valence-electron chi connectivity index (χ2n) is 5.50. The van der Waals surface area contributed by atoms with Gasteiger partial charge in [0.05, 0.1) is 17.1 Å². The summed E-state index contributed by atoms with van der Waals surface area (Å²) in [6, 6.07) is 7.18. The highest BCUT2D eigenvalue weighted by atomic mass is 35.5. The Bertz CT molecular complexity index is 678. The highest BCUT2D eigenvalue weighted by molar-refractivity contribution is 6.31. The number of aromatic nitrogens is 1. The van der Waals surface area contributed by atoms with Crippen LogP contribution in [0.5, 0.6) is 0 Å². The minimum Gasteiger partial charge on any atom is -0.370 e. The van der Waals surface area contributed by atoms with E-state index in [0.717, 1.165) is 31.6 Å². The number of anilines is 2. The minimum atomic E-state index is -0.318. The molecule has 22 heavy (non-hydrogen) atoms. The molecule has 6 heteroatoms. The van der Waals surface area contributed by atoms with E-state index in [9.17, 15) is 4.79 Å². The van der Waals surface area contributed by atoms with Gasteiger partial charge in [-0.2, -0.15) is 0 Å². The molecule has 3 rings (SSSR count). The molecule has 0 unspecified atom stereocenters. The van der Waals surface area contributed by atoms with Gasteiger partial charge in [-0.25, -0.2) is 0 Å². The van der Waals surface area contributed by atoms with Crippen LogP contribution >= 0.6 is 11.6 Å². The second kappa shape index (κ2) is 6.40. The lowest BCUT2D eigenvalue weighted by atomic mass is 10.1. The van der Waals surface area contributed by atoms with Gasteiger partial charge in [-0.05, 0) is 44.4 Å². The lowest BCUT2D eigenvalue weighted by molar-refractivity contribution is 0.0988. The van der Waals surface area contributed by atoms with Crippen LogP contribution < -0.4 is 10.2 Å². The van der Waals surface area contributed by atoms with Crippen molar-refractivity contribution in [2.75, 3.05) is 23.3 Å². The number of carbonyl (C=O) groups is 1. The summed E-state index contributed by atoms with van der Waals surface area (Å²) in [5.41, 5.74) is 2.37. The van der Waals surface area contributed by atoms with Crippen molar-refractivity contribution < 1.29 is 9.32 Å². The monoisotopic (exact) mass is 319 g/mol. The zero-order valence-corrected chi connectivity index (χ0v) is 13.2. The van der Waals surface area contributed by atoms with E-state index in [-0.39, 0.29) is 11.7 Å². The smallest absolute Gasteiger partial charge is 0.294 e. The van der Waals surface area contributed by atoms with Gasteiger partial charge in [0.1, 0.15) is 0 Å². The van der Waals surface area contributed by atoms with Crippen molar-refractivity contribution >= 4 is 28.9 Å². The van der Waals surface area contributed by atoms with Crippen molar-refractivity contribution in [1.29, 1.82) is 0 Å². The predicted molar refractivity (Wildman–Crippen MR) is 86.7 cm³/mol. The SMILES string of the molecule is Cc1cc(C(=O)Nc2cc(Cl)ccc2N2CCCCC2)on1. The third-order valence-corrected chi connectivity index (χ3v) is 3.99. The lowest BCUT2D eigenvalue weighted by Gasteiger charge is -2.30. The number of rotatable bonds is 3. The first-order chi connectivity index (χ1) is 10.6. The molecule has 0 bridgehead atoms. The van der Waals surface area contributed by atoms with Gasteiger partial charge in [0.2, 0.25) is 5.76 Å². The largest absolute Gasteiger partial charge is 0.370 e. The number of amides is 1. The van der Waals surface area contributed by atoms with E-state index in [1.54, 1.807) is 19.1 Å². The first kappa shape index (κ1) is 14.9. The Balaban J connectivity index is 1.85. The number of halogens is 1. The summed E-state index contributed by atoms with van der Waals surface area (Å²) in [5, 5.41) is 7.20. The van der Waals surface area contributed by atoms with Crippen LogP contribution in [0.3, 0.4) is 0 Å². The van der Waals surface area contributed by atoms with E-state index in [2.05, 4.69) is 15.4 Å². The molecule has 1 aromatic carbocycles. The molecule has 0 saturated carbocycles. The maximum atomic E-state index is 12.3. The van der Waals surface area contributed by atoms with E-state index in [0.29, 0.717) is 16.4 Å². The molecule has 2 aromatic rings. The van der Waals surface area contributed by atoms with E-state index in [1.807, 2.05) is 12.1 Å². The number of hydrogen-bond donors (Lipinski definition) is 1. The molecule has 1 aliphatic rings. The maximum Gasteiger partial charge on any atom is 0.294 e. The first-order valence-electron chi connectivity index (χ1n) is 7.42. The fourth-order valence-corrected chi connectivity index (χ4v) is 2.85. The van der Waals surface area contributed by atoms with Crippen molar-refractivity contribution in [1.82, 2.24) is 5.16 Å². The van der Waals surface area contributed by atoms with Gasteiger partial charge in [0, 0.05) is 24.2 Å². The highest BCUT2D eigenvalue weighted by Crippen LogP contribution is 2.31. The third kappa shape index (κ3) is 3.25. The number of nitrogens with one attached hydrogen (secondary N) is 1. The normalized spacial score (nSPS) is 14.9. The maximum absolute atomic E-state index is 12.3. The van der Waals surface area contributed by atoms with Crippen LogP contribution in [0, 0.1) is 6.92 Å². The molecular weight excluding hydrogens is 302 g/mol. The molecule has 1 fully saturated rings. The number of benzene rings is 1. The Morgan fingerprint density at radius 3 is 2.73 bits per heavy atom. The van der Waals surface area contributed by atoms with Crippen LogP contribution in [0.1, 0.15) is 35.5 Å². The van der Waals surface area contributed by atoms with Gasteiger partial charge in [-0.15, -0.1) is 0 Å². The van der Waals surface area contributed by atoms with Crippen molar-refractivity contribution in [2.24, 2.45) is 0 Å². The number of nitrogens with zero attached hydrogens (tertiary/aromatic N) is 2.